The lowest BCUT2D eigenvalue weighted by Crippen LogP contribution is -2.43. The van der Waals surface area contributed by atoms with Crippen molar-refractivity contribution in [3.05, 3.63) is 35.2 Å². The number of amides is 1. The summed E-state index contributed by atoms with van der Waals surface area (Å²) in [4.78, 5) is 42.4. The molecule has 2 heterocycles. The van der Waals surface area contributed by atoms with Crippen molar-refractivity contribution in [2.24, 2.45) is 0 Å². The first kappa shape index (κ1) is 17.5. The van der Waals surface area contributed by atoms with Gasteiger partial charge in [-0.05, 0) is 31.5 Å². The van der Waals surface area contributed by atoms with Crippen LogP contribution in [-0.2, 0) is 28.6 Å². The highest BCUT2D eigenvalue weighted by Crippen LogP contribution is 2.32. The molecular formula is C16H18N2O6. The predicted molar refractivity (Wildman–Crippen MR) is 82.9 cm³/mol. The number of carbonyl (C=O) groups is 3. The molecule has 1 amide bonds. The Morgan fingerprint density at radius 3 is 2.54 bits per heavy atom. The number of esters is 2. The predicted octanol–water partition coefficient (Wildman–Crippen LogP) is 0.742. The fourth-order valence-corrected chi connectivity index (χ4v) is 2.42. The zero-order valence-electron chi connectivity index (χ0n) is 13.9. The van der Waals surface area contributed by atoms with Gasteiger partial charge in [-0.15, -0.1) is 0 Å². The fourth-order valence-electron chi connectivity index (χ4n) is 2.42. The number of hydrogen-bond acceptors (Lipinski definition) is 7. The Balaban J connectivity index is 2.62. The second kappa shape index (κ2) is 7.12. The molecule has 0 spiro atoms. The number of ether oxygens (including phenoxy) is 3. The van der Waals surface area contributed by atoms with Gasteiger partial charge in [-0.2, -0.15) is 0 Å². The molecule has 0 aromatic carbocycles. The maximum atomic E-state index is 12.8. The summed E-state index contributed by atoms with van der Waals surface area (Å²) < 4.78 is 14.8. The van der Waals surface area contributed by atoms with Gasteiger partial charge in [0.2, 0.25) is 0 Å². The molecule has 0 N–H and O–H groups in total. The minimum absolute atomic E-state index is 0.143. The molecule has 0 saturated carbocycles. The van der Waals surface area contributed by atoms with Crippen molar-refractivity contribution in [3.8, 4) is 0 Å². The van der Waals surface area contributed by atoms with Gasteiger partial charge < -0.3 is 14.2 Å². The van der Waals surface area contributed by atoms with Gasteiger partial charge in [0.05, 0.1) is 20.8 Å². The number of anilines is 1. The highest BCUT2D eigenvalue weighted by molar-refractivity contribution is 6.19. The number of aromatic nitrogens is 1. The average Bonchev–Trinajstić information content (AvgIpc) is 2.86. The minimum Gasteiger partial charge on any atom is -0.488 e. The first-order valence-electron chi connectivity index (χ1n) is 7.25. The SMILES string of the molecule is CCOC1=C(C(=O)OC)C(C(=O)OC)N(c2cc(C)ccn2)C1=O. The van der Waals surface area contributed by atoms with E-state index in [0.717, 1.165) is 17.6 Å². The molecule has 0 bridgehead atoms. The molecule has 1 aromatic heterocycles. The molecule has 0 aliphatic carbocycles. The maximum absolute atomic E-state index is 12.8. The molecule has 1 aliphatic rings. The lowest BCUT2D eigenvalue weighted by atomic mass is 10.1. The number of carbonyl (C=O) groups excluding carboxylic acids is 3. The summed E-state index contributed by atoms with van der Waals surface area (Å²) in [5.74, 6) is -2.29. The van der Waals surface area contributed by atoms with E-state index in [2.05, 4.69) is 4.98 Å². The molecule has 1 aromatic rings. The van der Waals surface area contributed by atoms with Gasteiger partial charge in [0.15, 0.2) is 11.8 Å². The van der Waals surface area contributed by atoms with Crippen LogP contribution in [-0.4, -0.2) is 49.7 Å². The van der Waals surface area contributed by atoms with Crippen molar-refractivity contribution in [2.45, 2.75) is 19.9 Å². The third-order valence-electron chi connectivity index (χ3n) is 3.46. The number of pyridine rings is 1. The summed E-state index contributed by atoms with van der Waals surface area (Å²) in [5, 5.41) is 0. The number of aryl methyl sites for hydroxylation is 1. The molecule has 128 valence electrons. The van der Waals surface area contributed by atoms with Crippen LogP contribution in [0.4, 0.5) is 5.82 Å². The highest BCUT2D eigenvalue weighted by Gasteiger charge is 2.50. The van der Waals surface area contributed by atoms with E-state index < -0.39 is 23.9 Å². The summed E-state index contributed by atoms with van der Waals surface area (Å²) in [7, 11) is 2.33. The third-order valence-corrected chi connectivity index (χ3v) is 3.46. The van der Waals surface area contributed by atoms with Crippen LogP contribution < -0.4 is 4.90 Å². The lowest BCUT2D eigenvalue weighted by molar-refractivity contribution is -0.144. The number of rotatable bonds is 5. The van der Waals surface area contributed by atoms with E-state index in [4.69, 9.17) is 14.2 Å². The summed E-state index contributed by atoms with van der Waals surface area (Å²) in [6.07, 6.45) is 1.50. The fraction of sp³-hybridized carbons (Fsp3) is 0.375. The zero-order valence-corrected chi connectivity index (χ0v) is 13.9. The summed E-state index contributed by atoms with van der Waals surface area (Å²) in [6.45, 7) is 3.62. The van der Waals surface area contributed by atoms with E-state index in [1.807, 2.05) is 6.92 Å². The molecule has 24 heavy (non-hydrogen) atoms. The third kappa shape index (κ3) is 2.94. The normalized spacial score (nSPS) is 17.1. The second-order valence-corrected chi connectivity index (χ2v) is 4.96. The standard InChI is InChI=1S/C16H18N2O6/c1-5-24-13-11(15(20)22-3)12(16(21)23-4)18(14(13)19)10-8-9(2)6-7-17-10/h6-8,12H,5H2,1-4H3. The van der Waals surface area contributed by atoms with Gasteiger partial charge in [-0.1, -0.05) is 0 Å². The Labute approximate surface area is 139 Å². The van der Waals surface area contributed by atoms with Crippen molar-refractivity contribution in [1.82, 2.24) is 4.98 Å². The average molecular weight is 334 g/mol. The van der Waals surface area contributed by atoms with Crippen molar-refractivity contribution < 1.29 is 28.6 Å². The Kier molecular flexibility index (Phi) is 5.18. The monoisotopic (exact) mass is 334 g/mol. The number of hydrogen-bond donors (Lipinski definition) is 0. The van der Waals surface area contributed by atoms with E-state index in [-0.39, 0.29) is 23.8 Å². The Morgan fingerprint density at radius 1 is 1.29 bits per heavy atom. The molecular weight excluding hydrogens is 316 g/mol. The summed E-state index contributed by atoms with van der Waals surface area (Å²) in [5.41, 5.74) is 0.639. The van der Waals surface area contributed by atoms with E-state index in [0.29, 0.717) is 0 Å². The Hall–Kier alpha value is -2.90. The van der Waals surface area contributed by atoms with E-state index in [1.54, 1.807) is 19.1 Å². The van der Waals surface area contributed by atoms with E-state index >= 15 is 0 Å². The first-order chi connectivity index (χ1) is 11.5. The molecule has 0 fully saturated rings. The largest absolute Gasteiger partial charge is 0.488 e. The second-order valence-electron chi connectivity index (χ2n) is 4.96. The molecule has 1 unspecified atom stereocenters. The van der Waals surface area contributed by atoms with Crippen LogP contribution in [0.25, 0.3) is 0 Å². The van der Waals surface area contributed by atoms with Crippen molar-refractivity contribution in [1.29, 1.82) is 0 Å². The first-order valence-corrected chi connectivity index (χ1v) is 7.25. The van der Waals surface area contributed by atoms with E-state index in [9.17, 15) is 14.4 Å². The van der Waals surface area contributed by atoms with Crippen LogP contribution in [0, 0.1) is 6.92 Å². The van der Waals surface area contributed by atoms with Gasteiger partial charge in [-0.3, -0.25) is 9.69 Å². The van der Waals surface area contributed by atoms with Gasteiger partial charge in [0.25, 0.3) is 5.91 Å². The van der Waals surface area contributed by atoms with Crippen molar-refractivity contribution >= 4 is 23.7 Å². The summed E-state index contributed by atoms with van der Waals surface area (Å²) >= 11 is 0. The van der Waals surface area contributed by atoms with Crippen LogP contribution in [0.2, 0.25) is 0 Å². The smallest absolute Gasteiger partial charge is 0.340 e. The van der Waals surface area contributed by atoms with Crippen LogP contribution in [0.3, 0.4) is 0 Å². The molecule has 8 heteroatoms. The number of nitrogens with zero attached hydrogens (tertiary/aromatic N) is 2. The van der Waals surface area contributed by atoms with Gasteiger partial charge >= 0.3 is 11.9 Å². The zero-order chi connectivity index (χ0) is 17.9. The van der Waals surface area contributed by atoms with Crippen molar-refractivity contribution in [2.75, 3.05) is 25.7 Å². The quantitative estimate of drug-likeness (QED) is 0.733. The van der Waals surface area contributed by atoms with Crippen LogP contribution in [0.1, 0.15) is 12.5 Å². The van der Waals surface area contributed by atoms with Crippen LogP contribution in [0.5, 0.6) is 0 Å². The highest BCUT2D eigenvalue weighted by atomic mass is 16.5. The number of methoxy groups -OCH3 is 2. The van der Waals surface area contributed by atoms with Gasteiger partial charge in [0.1, 0.15) is 11.4 Å². The Bertz CT molecular complexity index is 712. The molecule has 0 radical (unpaired) electrons. The molecule has 1 atom stereocenters. The topological polar surface area (TPSA) is 95.0 Å². The maximum Gasteiger partial charge on any atom is 0.340 e. The van der Waals surface area contributed by atoms with Gasteiger partial charge in [0, 0.05) is 6.20 Å². The Morgan fingerprint density at radius 2 is 2.00 bits per heavy atom. The van der Waals surface area contributed by atoms with Crippen LogP contribution >= 0.6 is 0 Å². The molecule has 2 rings (SSSR count). The van der Waals surface area contributed by atoms with Crippen LogP contribution in [0.15, 0.2) is 29.7 Å². The molecule has 8 nitrogen and oxygen atoms in total. The lowest BCUT2D eigenvalue weighted by Gasteiger charge is -2.23. The minimum atomic E-state index is -1.31. The molecule has 0 saturated heterocycles. The summed E-state index contributed by atoms with van der Waals surface area (Å²) in [6, 6.07) is 2.05. The van der Waals surface area contributed by atoms with Gasteiger partial charge in [-0.25, -0.2) is 14.6 Å². The van der Waals surface area contributed by atoms with Crippen molar-refractivity contribution in [3.63, 3.8) is 0 Å². The molecule has 1 aliphatic heterocycles. The van der Waals surface area contributed by atoms with E-state index in [1.165, 1.54) is 13.3 Å².